The van der Waals surface area contributed by atoms with Crippen molar-refractivity contribution in [1.29, 1.82) is 0 Å². The number of hydrogen-bond acceptors (Lipinski definition) is 3. The highest BCUT2D eigenvalue weighted by molar-refractivity contribution is 5.68. The van der Waals surface area contributed by atoms with Gasteiger partial charge >= 0.3 is 6.09 Å². The van der Waals surface area contributed by atoms with Gasteiger partial charge < -0.3 is 15.8 Å². The van der Waals surface area contributed by atoms with Crippen molar-refractivity contribution in [2.75, 3.05) is 6.61 Å². The molecular weight excluding hydrogens is 228 g/mol. The zero-order valence-electron chi connectivity index (χ0n) is 10.8. The van der Waals surface area contributed by atoms with E-state index in [0.29, 0.717) is 12.5 Å². The van der Waals surface area contributed by atoms with E-state index >= 15 is 0 Å². The molecule has 4 nitrogen and oxygen atoms in total. The third-order valence-electron chi connectivity index (χ3n) is 3.10. The van der Waals surface area contributed by atoms with E-state index in [0.717, 1.165) is 12.0 Å². The molecule has 0 aromatic heterocycles. The Morgan fingerprint density at radius 3 is 2.94 bits per heavy atom. The maximum atomic E-state index is 11.7. The summed E-state index contributed by atoms with van der Waals surface area (Å²) in [7, 11) is 0. The highest BCUT2D eigenvalue weighted by Gasteiger charge is 2.31. The fourth-order valence-corrected chi connectivity index (χ4v) is 2.22. The van der Waals surface area contributed by atoms with Gasteiger partial charge in [0.1, 0.15) is 0 Å². The number of nitrogens with two attached hydrogens (primary N) is 1. The summed E-state index contributed by atoms with van der Waals surface area (Å²) < 4.78 is 5.12. The molecule has 0 saturated carbocycles. The summed E-state index contributed by atoms with van der Waals surface area (Å²) in [5.74, 6) is 0.334. The lowest BCUT2D eigenvalue weighted by atomic mass is 10.1. The van der Waals surface area contributed by atoms with Gasteiger partial charge in [-0.25, -0.2) is 4.79 Å². The second kappa shape index (κ2) is 5.40. The average molecular weight is 248 g/mol. The Balaban J connectivity index is 1.99. The van der Waals surface area contributed by atoms with Crippen LogP contribution in [-0.4, -0.2) is 18.7 Å². The van der Waals surface area contributed by atoms with Crippen LogP contribution in [0.25, 0.3) is 0 Å². The Morgan fingerprint density at radius 1 is 1.50 bits per heavy atom. The first-order valence-corrected chi connectivity index (χ1v) is 6.34. The number of ether oxygens (including phenoxy) is 1. The number of nitrogens with one attached hydrogen (secondary N) is 1. The molecule has 1 aliphatic rings. The number of carbonyl (C=O) groups is 1. The molecule has 0 fully saturated rings. The van der Waals surface area contributed by atoms with Crippen molar-refractivity contribution in [1.82, 2.24) is 5.32 Å². The molecule has 4 heteroatoms. The van der Waals surface area contributed by atoms with Crippen molar-refractivity contribution in [3.8, 4) is 0 Å². The van der Waals surface area contributed by atoms with Gasteiger partial charge in [-0.15, -0.1) is 0 Å². The van der Waals surface area contributed by atoms with Crippen LogP contribution in [0.4, 0.5) is 4.79 Å². The van der Waals surface area contributed by atoms with Crippen LogP contribution in [0.2, 0.25) is 0 Å². The summed E-state index contributed by atoms with van der Waals surface area (Å²) in [6, 6.07) is 7.80. The van der Waals surface area contributed by atoms with Gasteiger partial charge in [0.15, 0.2) is 0 Å². The SMILES string of the molecule is CC(C)COC(=O)NC1c2ccccc2CC1N. The Morgan fingerprint density at radius 2 is 2.22 bits per heavy atom. The molecular formula is C14H20N2O2. The summed E-state index contributed by atoms with van der Waals surface area (Å²) in [5.41, 5.74) is 8.37. The number of alkyl carbamates (subject to hydrolysis) is 1. The highest BCUT2D eigenvalue weighted by Crippen LogP contribution is 2.29. The molecule has 0 saturated heterocycles. The van der Waals surface area contributed by atoms with E-state index in [-0.39, 0.29) is 18.2 Å². The van der Waals surface area contributed by atoms with Crippen LogP contribution in [0.3, 0.4) is 0 Å². The first-order chi connectivity index (χ1) is 8.58. The number of carbonyl (C=O) groups excluding carboxylic acids is 1. The second-order valence-corrected chi connectivity index (χ2v) is 5.18. The molecule has 0 spiro atoms. The minimum atomic E-state index is -0.388. The summed E-state index contributed by atoms with van der Waals surface area (Å²) in [4.78, 5) is 11.7. The third-order valence-corrected chi connectivity index (χ3v) is 3.10. The van der Waals surface area contributed by atoms with Crippen LogP contribution in [-0.2, 0) is 11.2 Å². The fourth-order valence-electron chi connectivity index (χ4n) is 2.22. The lowest BCUT2D eigenvalue weighted by molar-refractivity contribution is 0.128. The van der Waals surface area contributed by atoms with Gasteiger partial charge in [-0.2, -0.15) is 0 Å². The van der Waals surface area contributed by atoms with Crippen molar-refractivity contribution in [2.45, 2.75) is 32.4 Å². The van der Waals surface area contributed by atoms with Crippen LogP contribution < -0.4 is 11.1 Å². The van der Waals surface area contributed by atoms with Gasteiger partial charge in [-0.05, 0) is 23.5 Å². The molecule has 1 aliphatic carbocycles. The monoisotopic (exact) mass is 248 g/mol. The number of rotatable bonds is 3. The van der Waals surface area contributed by atoms with Crippen LogP contribution in [0.5, 0.6) is 0 Å². The van der Waals surface area contributed by atoms with Gasteiger partial charge in [0.25, 0.3) is 0 Å². The van der Waals surface area contributed by atoms with Crippen LogP contribution >= 0.6 is 0 Å². The molecule has 2 rings (SSSR count). The zero-order chi connectivity index (χ0) is 13.1. The topological polar surface area (TPSA) is 64.3 Å². The maximum absolute atomic E-state index is 11.7. The number of hydrogen-bond donors (Lipinski definition) is 2. The molecule has 1 aromatic rings. The van der Waals surface area contributed by atoms with E-state index in [2.05, 4.69) is 11.4 Å². The Hall–Kier alpha value is -1.55. The van der Waals surface area contributed by atoms with Gasteiger partial charge in [-0.1, -0.05) is 38.1 Å². The Kier molecular flexibility index (Phi) is 3.87. The molecule has 0 bridgehead atoms. The molecule has 2 unspecified atom stereocenters. The van der Waals surface area contributed by atoms with E-state index < -0.39 is 0 Å². The van der Waals surface area contributed by atoms with Gasteiger partial charge in [0, 0.05) is 6.04 Å². The molecule has 1 amide bonds. The summed E-state index contributed by atoms with van der Waals surface area (Å²) in [5, 5.41) is 2.85. The Labute approximate surface area is 108 Å². The first kappa shape index (κ1) is 12.9. The minimum Gasteiger partial charge on any atom is -0.449 e. The summed E-state index contributed by atoms with van der Waals surface area (Å²) >= 11 is 0. The molecule has 18 heavy (non-hydrogen) atoms. The van der Waals surface area contributed by atoms with Crippen LogP contribution in [0.1, 0.15) is 31.0 Å². The summed E-state index contributed by atoms with van der Waals surface area (Å²) in [6.45, 7) is 4.43. The molecule has 1 aromatic carbocycles. The molecule has 98 valence electrons. The number of amides is 1. The van der Waals surface area contributed by atoms with E-state index in [9.17, 15) is 4.79 Å². The average Bonchev–Trinajstić information content (AvgIpc) is 2.64. The van der Waals surface area contributed by atoms with E-state index in [4.69, 9.17) is 10.5 Å². The lowest BCUT2D eigenvalue weighted by Crippen LogP contribution is -2.39. The predicted molar refractivity (Wildman–Crippen MR) is 70.2 cm³/mol. The quantitative estimate of drug-likeness (QED) is 0.859. The molecule has 2 atom stereocenters. The zero-order valence-corrected chi connectivity index (χ0v) is 10.8. The third kappa shape index (κ3) is 2.82. The number of fused-ring (bicyclic) bond motifs is 1. The maximum Gasteiger partial charge on any atom is 0.407 e. The lowest BCUT2D eigenvalue weighted by Gasteiger charge is -2.18. The summed E-state index contributed by atoms with van der Waals surface area (Å²) in [6.07, 6.45) is 0.409. The Bertz CT molecular complexity index is 432. The van der Waals surface area contributed by atoms with Crippen LogP contribution in [0.15, 0.2) is 24.3 Å². The molecule has 0 heterocycles. The largest absolute Gasteiger partial charge is 0.449 e. The van der Waals surface area contributed by atoms with Gasteiger partial charge in [0.2, 0.25) is 0 Å². The van der Waals surface area contributed by atoms with Crippen molar-refractivity contribution >= 4 is 6.09 Å². The second-order valence-electron chi connectivity index (χ2n) is 5.18. The molecule has 0 radical (unpaired) electrons. The highest BCUT2D eigenvalue weighted by atomic mass is 16.5. The van der Waals surface area contributed by atoms with E-state index in [1.165, 1.54) is 5.56 Å². The predicted octanol–water partition coefficient (Wildman–Crippen LogP) is 1.99. The first-order valence-electron chi connectivity index (χ1n) is 6.34. The van der Waals surface area contributed by atoms with Crippen molar-refractivity contribution in [3.63, 3.8) is 0 Å². The van der Waals surface area contributed by atoms with E-state index in [1.54, 1.807) is 0 Å². The molecule has 3 N–H and O–H groups in total. The minimum absolute atomic E-state index is 0.0750. The molecule has 0 aliphatic heterocycles. The number of benzene rings is 1. The van der Waals surface area contributed by atoms with Crippen molar-refractivity contribution in [3.05, 3.63) is 35.4 Å². The van der Waals surface area contributed by atoms with Gasteiger partial charge in [0.05, 0.1) is 12.6 Å². The standard InChI is InChI=1S/C14H20N2O2/c1-9(2)8-18-14(17)16-13-11-6-4-3-5-10(11)7-12(13)15/h3-6,9,12-13H,7-8,15H2,1-2H3,(H,16,17). The van der Waals surface area contributed by atoms with Crippen molar-refractivity contribution in [2.24, 2.45) is 11.7 Å². The fraction of sp³-hybridized carbons (Fsp3) is 0.500. The van der Waals surface area contributed by atoms with Crippen molar-refractivity contribution < 1.29 is 9.53 Å². The normalized spacial score (nSPS) is 21.8. The van der Waals surface area contributed by atoms with Gasteiger partial charge in [-0.3, -0.25) is 0 Å². The van der Waals surface area contributed by atoms with E-state index in [1.807, 2.05) is 32.0 Å². The smallest absolute Gasteiger partial charge is 0.407 e. The van der Waals surface area contributed by atoms with Crippen LogP contribution in [0, 0.1) is 5.92 Å².